The fraction of sp³-hybridized carbons (Fsp3) is 0.389. The van der Waals surface area contributed by atoms with E-state index in [1.165, 1.54) is 23.5 Å². The summed E-state index contributed by atoms with van der Waals surface area (Å²) in [4.78, 5) is 20.6. The molecular weight excluding hydrogens is 619 g/mol. The maximum absolute atomic E-state index is 13.8. The van der Waals surface area contributed by atoms with Crippen LogP contribution in [0.4, 0.5) is 0 Å². The Kier molecular flexibility index (Phi) is 12.7. The number of rotatable bonds is 17. The molecule has 1 N–H and O–H groups in total. The molecule has 0 saturated carbocycles. The number of carbonyl (C=O) groups excluding carboxylic acids is 1. The Labute approximate surface area is 277 Å². The van der Waals surface area contributed by atoms with Gasteiger partial charge in [0.05, 0.1) is 28.8 Å². The minimum Gasteiger partial charge on any atom is -0.497 e. The van der Waals surface area contributed by atoms with E-state index in [-0.39, 0.29) is 36.1 Å². The maximum atomic E-state index is 13.8. The first kappa shape index (κ1) is 35.4. The summed E-state index contributed by atoms with van der Waals surface area (Å²) in [6, 6.07) is 23.6. The molecule has 0 fully saturated rings. The second-order valence-electron chi connectivity index (χ2n) is 12.3. The molecule has 1 heterocycles. The minimum absolute atomic E-state index is 0.0230. The van der Waals surface area contributed by atoms with Gasteiger partial charge in [-0.1, -0.05) is 62.4 Å². The van der Waals surface area contributed by atoms with Crippen LogP contribution in [0.2, 0.25) is 0 Å². The van der Waals surface area contributed by atoms with Gasteiger partial charge in [0.2, 0.25) is 10.0 Å². The molecule has 0 saturated heterocycles. The van der Waals surface area contributed by atoms with E-state index in [1.54, 1.807) is 29.5 Å². The molecule has 4 aromatic rings. The lowest BCUT2D eigenvalue weighted by Crippen LogP contribution is -2.43. The van der Waals surface area contributed by atoms with Crippen molar-refractivity contribution in [3.63, 3.8) is 0 Å². The van der Waals surface area contributed by atoms with E-state index >= 15 is 0 Å². The van der Waals surface area contributed by atoms with E-state index in [0.717, 1.165) is 21.8 Å². The summed E-state index contributed by atoms with van der Waals surface area (Å²) >= 11 is 1.63. The average molecular weight is 664 g/mol. The monoisotopic (exact) mass is 663 g/mol. The second kappa shape index (κ2) is 16.4. The highest BCUT2D eigenvalue weighted by Crippen LogP contribution is 2.25. The summed E-state index contributed by atoms with van der Waals surface area (Å²) in [5, 5.41) is 14.8. The number of aliphatic hydroxyl groups is 1. The molecule has 0 aliphatic rings. The quantitative estimate of drug-likeness (QED) is 0.134. The normalized spacial score (nSPS) is 13.3. The Hall–Kier alpha value is -3.41. The zero-order valence-corrected chi connectivity index (χ0v) is 28.9. The number of ether oxygens (including phenoxy) is 1. The Morgan fingerprint density at radius 2 is 1.65 bits per heavy atom. The fourth-order valence-corrected chi connectivity index (χ4v) is 7.74. The van der Waals surface area contributed by atoms with Crippen LogP contribution in [0.25, 0.3) is 0 Å². The standard InChI is InChI=1S/C36H45N3O5S2/c1-26(2)21-39(46(42,43)34-16-14-33(44-5)15-17-34)24-36(41)31(18-28-10-7-6-8-11-28)20-35(40)30-13-9-12-29(19-30)22-38(4)23-32-25-45-27(3)37-32/h6-17,19,25-26,31,36,41H,18,20-24H2,1-5H3/t31-,36-/m1/s1. The number of hydrogen-bond donors (Lipinski definition) is 1. The molecule has 10 heteroatoms. The van der Waals surface area contributed by atoms with Crippen molar-refractivity contribution < 1.29 is 23.1 Å². The number of carbonyl (C=O) groups is 1. The zero-order valence-electron chi connectivity index (χ0n) is 27.3. The van der Waals surface area contributed by atoms with Crippen LogP contribution in [-0.2, 0) is 29.5 Å². The number of hydrogen-bond acceptors (Lipinski definition) is 8. The van der Waals surface area contributed by atoms with Gasteiger partial charge in [0.1, 0.15) is 5.75 Å². The van der Waals surface area contributed by atoms with Gasteiger partial charge in [0.15, 0.2) is 5.78 Å². The summed E-state index contributed by atoms with van der Waals surface area (Å²) in [6.45, 7) is 7.34. The lowest BCUT2D eigenvalue weighted by atomic mass is 9.87. The number of ketones is 1. The number of aryl methyl sites for hydroxylation is 1. The first-order valence-electron chi connectivity index (χ1n) is 15.5. The van der Waals surface area contributed by atoms with Crippen LogP contribution in [0, 0.1) is 18.8 Å². The largest absolute Gasteiger partial charge is 0.497 e. The molecular formula is C36H45N3O5S2. The second-order valence-corrected chi connectivity index (χ2v) is 15.3. The predicted octanol–water partition coefficient (Wildman–Crippen LogP) is 6.23. The Bertz CT molecular complexity index is 1660. The summed E-state index contributed by atoms with van der Waals surface area (Å²) in [7, 11) is -0.365. The van der Waals surface area contributed by atoms with Crippen molar-refractivity contribution in [1.29, 1.82) is 0 Å². The molecule has 0 amide bonds. The van der Waals surface area contributed by atoms with E-state index in [4.69, 9.17) is 4.74 Å². The van der Waals surface area contributed by atoms with Crippen molar-refractivity contribution in [3.05, 3.63) is 112 Å². The molecule has 0 aliphatic heterocycles. The van der Waals surface area contributed by atoms with Crippen molar-refractivity contribution in [3.8, 4) is 5.75 Å². The summed E-state index contributed by atoms with van der Waals surface area (Å²) in [6.07, 6.45) is -0.570. The van der Waals surface area contributed by atoms with Gasteiger partial charge in [-0.05, 0) is 73.7 Å². The fourth-order valence-electron chi connectivity index (χ4n) is 5.52. The van der Waals surface area contributed by atoms with Crippen LogP contribution in [0.15, 0.2) is 89.1 Å². The van der Waals surface area contributed by atoms with Crippen molar-refractivity contribution in [2.75, 3.05) is 27.2 Å². The SMILES string of the molecule is COc1ccc(S(=O)(=O)N(CC(C)C)C[C@@H](O)[C@@H](CC(=O)c2cccc(CN(C)Cc3csc(C)n3)c2)Cc2ccccc2)cc1. The van der Waals surface area contributed by atoms with Gasteiger partial charge in [-0.3, -0.25) is 9.69 Å². The van der Waals surface area contributed by atoms with Crippen LogP contribution in [-0.4, -0.2) is 66.8 Å². The van der Waals surface area contributed by atoms with Gasteiger partial charge in [0.25, 0.3) is 0 Å². The Morgan fingerprint density at radius 3 is 2.28 bits per heavy atom. The number of Topliss-reactive ketones (excluding diaryl/α,β-unsaturated/α-hetero) is 1. The Morgan fingerprint density at radius 1 is 0.957 bits per heavy atom. The number of thiazole rings is 1. The number of aliphatic hydroxyl groups excluding tert-OH is 1. The lowest BCUT2D eigenvalue weighted by Gasteiger charge is -2.30. The summed E-state index contributed by atoms with van der Waals surface area (Å²) < 4.78 is 34.1. The molecule has 4 rings (SSSR count). The molecule has 0 aliphatic carbocycles. The van der Waals surface area contributed by atoms with E-state index < -0.39 is 22.0 Å². The number of sulfonamides is 1. The highest BCUT2D eigenvalue weighted by atomic mass is 32.2. The van der Waals surface area contributed by atoms with Gasteiger partial charge in [-0.25, -0.2) is 13.4 Å². The Balaban J connectivity index is 1.53. The molecule has 46 heavy (non-hydrogen) atoms. The van der Waals surface area contributed by atoms with Crippen LogP contribution >= 0.6 is 11.3 Å². The molecule has 2 atom stereocenters. The number of methoxy groups -OCH3 is 1. The lowest BCUT2D eigenvalue weighted by molar-refractivity contribution is 0.0689. The molecule has 0 unspecified atom stereocenters. The summed E-state index contributed by atoms with van der Waals surface area (Å²) in [5.74, 6) is -0.0150. The van der Waals surface area contributed by atoms with E-state index in [9.17, 15) is 18.3 Å². The molecule has 0 bridgehead atoms. The molecule has 8 nitrogen and oxygen atoms in total. The molecule has 0 radical (unpaired) electrons. The summed E-state index contributed by atoms with van der Waals surface area (Å²) in [5.41, 5.74) is 3.58. The predicted molar refractivity (Wildman–Crippen MR) is 184 cm³/mol. The third-order valence-corrected chi connectivity index (χ3v) is 10.5. The third-order valence-electron chi connectivity index (χ3n) is 7.79. The number of benzene rings is 3. The smallest absolute Gasteiger partial charge is 0.243 e. The highest BCUT2D eigenvalue weighted by molar-refractivity contribution is 7.89. The number of aromatic nitrogens is 1. The average Bonchev–Trinajstić information content (AvgIpc) is 3.44. The molecule has 1 aromatic heterocycles. The van der Waals surface area contributed by atoms with Crippen molar-refractivity contribution in [2.24, 2.45) is 11.8 Å². The van der Waals surface area contributed by atoms with E-state index in [1.807, 2.05) is 76.3 Å². The topological polar surface area (TPSA) is 100 Å². The van der Waals surface area contributed by atoms with Crippen LogP contribution < -0.4 is 4.74 Å². The van der Waals surface area contributed by atoms with E-state index in [2.05, 4.69) is 15.3 Å². The van der Waals surface area contributed by atoms with Crippen molar-refractivity contribution in [2.45, 2.75) is 57.7 Å². The zero-order chi connectivity index (χ0) is 33.3. The molecule has 0 spiro atoms. The molecule has 3 aromatic carbocycles. The first-order valence-corrected chi connectivity index (χ1v) is 17.8. The maximum Gasteiger partial charge on any atom is 0.243 e. The van der Waals surface area contributed by atoms with Crippen molar-refractivity contribution in [1.82, 2.24) is 14.2 Å². The minimum atomic E-state index is -3.92. The van der Waals surface area contributed by atoms with Gasteiger partial charge < -0.3 is 9.84 Å². The van der Waals surface area contributed by atoms with Gasteiger partial charge in [0, 0.05) is 43.5 Å². The van der Waals surface area contributed by atoms with Crippen LogP contribution in [0.5, 0.6) is 5.75 Å². The molecule has 246 valence electrons. The van der Waals surface area contributed by atoms with Gasteiger partial charge in [-0.15, -0.1) is 11.3 Å². The van der Waals surface area contributed by atoms with Crippen LogP contribution in [0.1, 0.15) is 52.5 Å². The number of nitrogens with zero attached hydrogens (tertiary/aromatic N) is 3. The van der Waals surface area contributed by atoms with E-state index in [0.29, 0.717) is 30.8 Å². The van der Waals surface area contributed by atoms with Gasteiger partial charge in [-0.2, -0.15) is 4.31 Å². The van der Waals surface area contributed by atoms with Gasteiger partial charge >= 0.3 is 0 Å². The highest BCUT2D eigenvalue weighted by Gasteiger charge is 2.32. The third kappa shape index (κ3) is 10.0. The van der Waals surface area contributed by atoms with Crippen molar-refractivity contribution >= 4 is 27.1 Å². The first-order chi connectivity index (χ1) is 21.9. The van der Waals surface area contributed by atoms with Crippen LogP contribution in [0.3, 0.4) is 0 Å².